The molecule has 12 nitrogen and oxygen atoms in total. The summed E-state index contributed by atoms with van der Waals surface area (Å²) < 4.78 is 1.58. The number of hydrogen-bond donors (Lipinski definition) is 5. The third kappa shape index (κ3) is 5.30. The van der Waals surface area contributed by atoms with Gasteiger partial charge < -0.3 is 26.2 Å². The van der Waals surface area contributed by atoms with Gasteiger partial charge in [0.15, 0.2) is 5.65 Å². The van der Waals surface area contributed by atoms with Gasteiger partial charge in [0.2, 0.25) is 0 Å². The minimum absolute atomic E-state index is 0.0294. The molecule has 4 amide bonds. The van der Waals surface area contributed by atoms with Gasteiger partial charge in [-0.25, -0.2) is 9.78 Å². The summed E-state index contributed by atoms with van der Waals surface area (Å²) in [7, 11) is 0. The van der Waals surface area contributed by atoms with E-state index in [1.807, 2.05) is 29.2 Å². The second-order valence-electron chi connectivity index (χ2n) is 9.21. The summed E-state index contributed by atoms with van der Waals surface area (Å²) in [6, 6.07) is 15.7. The van der Waals surface area contributed by atoms with Crippen LogP contribution in [0.25, 0.3) is 11.7 Å². The fraction of sp³-hybridized carbons (Fsp3) is 0.148. The first-order valence-electron chi connectivity index (χ1n) is 12.6. The highest BCUT2D eigenvalue weighted by atomic mass is 35.5. The highest BCUT2D eigenvalue weighted by Crippen LogP contribution is 2.27. The molecule has 202 valence electrons. The Labute approximate surface area is 233 Å². The van der Waals surface area contributed by atoms with E-state index in [4.69, 9.17) is 16.6 Å². The van der Waals surface area contributed by atoms with Crippen LogP contribution in [-0.4, -0.2) is 63.5 Å². The molecule has 2 saturated heterocycles. The van der Waals surface area contributed by atoms with Gasteiger partial charge in [-0.05, 0) is 42.5 Å². The highest BCUT2D eigenvalue weighted by molar-refractivity contribution is 6.30. The second kappa shape index (κ2) is 10.7. The topological polar surface area (TPSA) is 145 Å². The second-order valence-corrected chi connectivity index (χ2v) is 9.65. The van der Waals surface area contributed by atoms with Crippen molar-refractivity contribution in [2.24, 2.45) is 0 Å². The first kappa shape index (κ1) is 25.3. The minimum atomic E-state index is -0.596. The zero-order valence-corrected chi connectivity index (χ0v) is 21.8. The molecule has 4 aromatic rings. The number of piperazine rings is 1. The molecule has 0 bridgehead atoms. The molecule has 2 aliphatic heterocycles. The maximum Gasteiger partial charge on any atom is 0.326 e. The SMILES string of the molecule is O=C1NC(=O)/C(=C\c2cnn3c(Nc4cccc(C(=O)N5CCNCC5)c4)cc(Nc4cccc(Cl)c4)nc23)N1. The van der Waals surface area contributed by atoms with Crippen molar-refractivity contribution < 1.29 is 14.4 Å². The number of nitrogens with one attached hydrogen (secondary N) is 5. The summed E-state index contributed by atoms with van der Waals surface area (Å²) in [5, 5.41) is 19.5. The fourth-order valence-electron chi connectivity index (χ4n) is 4.52. The Hall–Kier alpha value is -4.94. The number of halogens is 1. The van der Waals surface area contributed by atoms with Crippen molar-refractivity contribution in [1.82, 2.24) is 35.4 Å². The summed E-state index contributed by atoms with van der Waals surface area (Å²) in [6.07, 6.45) is 3.06. The number of fused-ring (bicyclic) bond motifs is 1. The van der Waals surface area contributed by atoms with Crippen LogP contribution in [0.15, 0.2) is 66.5 Å². The van der Waals surface area contributed by atoms with Crippen LogP contribution >= 0.6 is 11.6 Å². The maximum absolute atomic E-state index is 13.1. The van der Waals surface area contributed by atoms with E-state index >= 15 is 0 Å². The summed E-state index contributed by atoms with van der Waals surface area (Å²) in [5.41, 5.74) is 2.99. The minimum Gasteiger partial charge on any atom is -0.340 e. The Kier molecular flexibility index (Phi) is 6.76. The predicted molar refractivity (Wildman–Crippen MR) is 151 cm³/mol. The van der Waals surface area contributed by atoms with Crippen LogP contribution in [0.3, 0.4) is 0 Å². The van der Waals surface area contributed by atoms with Gasteiger partial charge in [-0.15, -0.1) is 0 Å². The Balaban J connectivity index is 1.37. The van der Waals surface area contributed by atoms with Gasteiger partial charge in [-0.2, -0.15) is 9.61 Å². The largest absolute Gasteiger partial charge is 0.340 e. The summed E-state index contributed by atoms with van der Waals surface area (Å²) in [6.45, 7) is 2.85. The highest BCUT2D eigenvalue weighted by Gasteiger charge is 2.24. The molecule has 5 N–H and O–H groups in total. The molecular weight excluding hydrogens is 534 g/mol. The van der Waals surface area contributed by atoms with Gasteiger partial charge in [-0.1, -0.05) is 23.7 Å². The normalized spacial score (nSPS) is 16.2. The molecule has 0 unspecified atom stereocenters. The summed E-state index contributed by atoms with van der Waals surface area (Å²) in [4.78, 5) is 43.3. The van der Waals surface area contributed by atoms with Crippen molar-refractivity contribution in [1.29, 1.82) is 0 Å². The Morgan fingerprint density at radius 2 is 1.75 bits per heavy atom. The number of hydrogen-bond acceptors (Lipinski definition) is 8. The van der Waals surface area contributed by atoms with E-state index in [1.165, 1.54) is 6.08 Å². The van der Waals surface area contributed by atoms with Crippen LogP contribution in [0, 0.1) is 0 Å². The van der Waals surface area contributed by atoms with E-state index in [2.05, 4.69) is 31.7 Å². The average Bonchev–Trinajstić information content (AvgIpc) is 3.50. The maximum atomic E-state index is 13.1. The molecule has 2 fully saturated rings. The molecule has 6 rings (SSSR count). The predicted octanol–water partition coefficient (Wildman–Crippen LogP) is 3.10. The standard InChI is InChI=1S/C27H24ClN9O3/c28-18-4-2-6-20(13-18)31-22-14-23(32-19-5-1-3-16(11-19)26(39)36-9-7-29-8-10-36)37-24(34-22)17(15-30-37)12-21-25(38)35-27(40)33-21/h1-6,11-15,29,32H,7-10H2,(H,31,34)(H2,33,35,38,40)/b21-12+. The van der Waals surface area contributed by atoms with E-state index in [-0.39, 0.29) is 11.6 Å². The quantitative estimate of drug-likeness (QED) is 0.180. The number of carbonyl (C=O) groups is 3. The van der Waals surface area contributed by atoms with Crippen LogP contribution < -0.4 is 26.6 Å². The van der Waals surface area contributed by atoms with Gasteiger partial charge >= 0.3 is 6.03 Å². The number of aromatic nitrogens is 3. The lowest BCUT2D eigenvalue weighted by atomic mass is 10.1. The van der Waals surface area contributed by atoms with Gasteiger partial charge in [0, 0.05) is 59.8 Å². The van der Waals surface area contributed by atoms with Crippen LogP contribution in [-0.2, 0) is 4.79 Å². The molecule has 13 heteroatoms. The molecule has 2 aromatic heterocycles. The molecule has 40 heavy (non-hydrogen) atoms. The Morgan fingerprint density at radius 1 is 0.975 bits per heavy atom. The number of carbonyl (C=O) groups excluding carboxylic acids is 3. The van der Waals surface area contributed by atoms with E-state index in [0.29, 0.717) is 52.2 Å². The molecule has 0 atom stereocenters. The summed E-state index contributed by atoms with van der Waals surface area (Å²) >= 11 is 6.17. The van der Waals surface area contributed by atoms with Gasteiger partial charge in [0.1, 0.15) is 17.3 Å². The van der Waals surface area contributed by atoms with E-state index < -0.39 is 11.9 Å². The van der Waals surface area contributed by atoms with Gasteiger partial charge in [0.05, 0.1) is 6.20 Å². The van der Waals surface area contributed by atoms with Crippen molar-refractivity contribution in [3.63, 3.8) is 0 Å². The van der Waals surface area contributed by atoms with E-state index in [9.17, 15) is 14.4 Å². The van der Waals surface area contributed by atoms with Gasteiger partial charge in [0.25, 0.3) is 11.8 Å². The number of benzene rings is 2. The van der Waals surface area contributed by atoms with Crippen LogP contribution in [0.5, 0.6) is 0 Å². The zero-order chi connectivity index (χ0) is 27.6. The van der Waals surface area contributed by atoms with Crippen molar-refractivity contribution in [2.45, 2.75) is 0 Å². The third-order valence-electron chi connectivity index (χ3n) is 6.40. The third-order valence-corrected chi connectivity index (χ3v) is 6.64. The monoisotopic (exact) mass is 557 g/mol. The van der Waals surface area contributed by atoms with Crippen molar-refractivity contribution in [2.75, 3.05) is 36.8 Å². The number of anilines is 4. The number of nitrogens with zero attached hydrogens (tertiary/aromatic N) is 4. The molecule has 0 aliphatic carbocycles. The number of imide groups is 1. The lowest BCUT2D eigenvalue weighted by molar-refractivity contribution is -0.115. The lowest BCUT2D eigenvalue weighted by Gasteiger charge is -2.27. The van der Waals surface area contributed by atoms with Crippen LogP contribution in [0.1, 0.15) is 15.9 Å². The fourth-order valence-corrected chi connectivity index (χ4v) is 4.71. The van der Waals surface area contributed by atoms with E-state index in [1.54, 1.807) is 41.0 Å². The van der Waals surface area contributed by atoms with Crippen LogP contribution in [0.2, 0.25) is 5.02 Å². The smallest absolute Gasteiger partial charge is 0.326 e. The van der Waals surface area contributed by atoms with Crippen molar-refractivity contribution >= 4 is 64.2 Å². The first-order chi connectivity index (χ1) is 19.4. The van der Waals surface area contributed by atoms with Crippen molar-refractivity contribution in [3.8, 4) is 0 Å². The number of urea groups is 1. The molecule has 0 radical (unpaired) electrons. The van der Waals surface area contributed by atoms with Crippen molar-refractivity contribution in [3.05, 3.63) is 82.6 Å². The molecule has 0 saturated carbocycles. The molecule has 2 aliphatic rings. The number of amides is 4. The number of rotatable bonds is 6. The van der Waals surface area contributed by atoms with E-state index in [0.717, 1.165) is 18.8 Å². The Morgan fingerprint density at radius 3 is 2.50 bits per heavy atom. The average molecular weight is 558 g/mol. The molecule has 2 aromatic carbocycles. The Bertz CT molecular complexity index is 1680. The lowest BCUT2D eigenvalue weighted by Crippen LogP contribution is -2.46. The van der Waals surface area contributed by atoms with Gasteiger partial charge in [-0.3, -0.25) is 14.9 Å². The molecule has 4 heterocycles. The molecular formula is C27H24ClN9O3. The van der Waals surface area contributed by atoms with Crippen LogP contribution in [0.4, 0.5) is 27.8 Å². The summed E-state index contributed by atoms with van der Waals surface area (Å²) in [5.74, 6) is 0.455. The first-order valence-corrected chi connectivity index (χ1v) is 12.9. The molecule has 0 spiro atoms. The zero-order valence-electron chi connectivity index (χ0n) is 21.1.